The van der Waals surface area contributed by atoms with E-state index in [4.69, 9.17) is 4.74 Å². The topological polar surface area (TPSA) is 120 Å². The van der Waals surface area contributed by atoms with E-state index in [9.17, 15) is 22.0 Å². The first-order valence-corrected chi connectivity index (χ1v) is 16.1. The van der Waals surface area contributed by atoms with Gasteiger partial charge in [-0.15, -0.1) is 0 Å². The standard InChI is InChI=1S/C31H34F2N6O4S/c1-38-9-2-10-39(12-11-38)23-3-5-26(29(18-23)34-22-7-13-43-14-8-22)31(40)35-30-27-19-24(4-6-28(27)36-37-30)44(41,42)25-16-20(32)15-21(33)17-25/h3-6,15-19,22,34H,2,7-14H2,1H3,(H2,35,36,37,40). The van der Waals surface area contributed by atoms with Crippen LogP contribution >= 0.6 is 0 Å². The molecule has 2 saturated heterocycles. The number of aromatic nitrogens is 2. The second kappa shape index (κ2) is 12.5. The number of halogens is 2. The maximum Gasteiger partial charge on any atom is 0.258 e. The van der Waals surface area contributed by atoms with Crippen LogP contribution < -0.4 is 15.5 Å². The maximum absolute atomic E-state index is 13.8. The molecule has 4 aromatic rings. The molecule has 0 aliphatic carbocycles. The lowest BCUT2D eigenvalue weighted by Gasteiger charge is -2.28. The van der Waals surface area contributed by atoms with Gasteiger partial charge in [-0.2, -0.15) is 5.10 Å². The summed E-state index contributed by atoms with van der Waals surface area (Å²) < 4.78 is 59.6. The van der Waals surface area contributed by atoms with Crippen molar-refractivity contribution in [2.24, 2.45) is 0 Å². The van der Waals surface area contributed by atoms with Crippen molar-refractivity contribution in [3.8, 4) is 0 Å². The number of hydrogen-bond acceptors (Lipinski definition) is 8. The monoisotopic (exact) mass is 624 g/mol. The lowest BCUT2D eigenvalue weighted by Crippen LogP contribution is -2.30. The number of amides is 1. The van der Waals surface area contributed by atoms with Gasteiger partial charge in [0, 0.05) is 61.7 Å². The van der Waals surface area contributed by atoms with E-state index in [2.05, 4.69) is 37.7 Å². The van der Waals surface area contributed by atoms with Crippen LogP contribution in [0.1, 0.15) is 29.6 Å². The number of benzene rings is 3. The molecule has 1 aromatic heterocycles. The largest absolute Gasteiger partial charge is 0.381 e. The molecule has 0 atom stereocenters. The molecular formula is C31H34F2N6O4S. The fraction of sp³-hybridized carbons (Fsp3) is 0.355. The number of likely N-dealkylation sites (N-methyl/N-ethyl adjacent to an activating group) is 1. The molecule has 0 unspecified atom stereocenters. The zero-order chi connectivity index (χ0) is 30.8. The smallest absolute Gasteiger partial charge is 0.258 e. The number of carbonyl (C=O) groups excluding carboxylic acids is 1. The van der Waals surface area contributed by atoms with Crippen molar-refractivity contribution in [1.29, 1.82) is 0 Å². The van der Waals surface area contributed by atoms with Crippen molar-refractivity contribution in [1.82, 2.24) is 15.1 Å². The molecule has 0 bridgehead atoms. The van der Waals surface area contributed by atoms with Crippen LogP contribution in [0.15, 0.2) is 64.4 Å². The Morgan fingerprint density at radius 3 is 2.50 bits per heavy atom. The van der Waals surface area contributed by atoms with E-state index in [0.717, 1.165) is 63.3 Å². The van der Waals surface area contributed by atoms with Gasteiger partial charge >= 0.3 is 0 Å². The molecule has 232 valence electrons. The molecule has 3 N–H and O–H groups in total. The first kappa shape index (κ1) is 30.0. The normalized spacial score (nSPS) is 17.0. The Balaban J connectivity index is 1.30. The molecule has 3 aromatic carbocycles. The highest BCUT2D eigenvalue weighted by molar-refractivity contribution is 7.91. The average molecular weight is 625 g/mol. The molecule has 0 saturated carbocycles. The molecule has 1 amide bonds. The van der Waals surface area contributed by atoms with Crippen molar-refractivity contribution in [2.45, 2.75) is 35.1 Å². The number of hydrogen-bond donors (Lipinski definition) is 3. The molecule has 10 nitrogen and oxygen atoms in total. The molecule has 6 rings (SSSR count). The third-order valence-corrected chi connectivity index (χ3v) is 9.87. The van der Waals surface area contributed by atoms with Crippen molar-refractivity contribution >= 4 is 43.8 Å². The number of fused-ring (bicyclic) bond motifs is 1. The minimum absolute atomic E-state index is 0.129. The number of nitrogens with zero attached hydrogens (tertiary/aromatic N) is 3. The third-order valence-electron chi connectivity index (χ3n) is 8.14. The summed E-state index contributed by atoms with van der Waals surface area (Å²) in [7, 11) is -2.14. The molecule has 0 radical (unpaired) electrons. The van der Waals surface area contributed by atoms with Crippen LogP contribution in [0, 0.1) is 11.6 Å². The van der Waals surface area contributed by atoms with Crippen LogP contribution in [0.3, 0.4) is 0 Å². The number of rotatable bonds is 7. The number of carbonyl (C=O) groups is 1. The van der Waals surface area contributed by atoms with Gasteiger partial charge in [-0.3, -0.25) is 9.89 Å². The lowest BCUT2D eigenvalue weighted by atomic mass is 10.1. The molecule has 2 aliphatic rings. The number of ether oxygens (including phenoxy) is 1. The Labute approximate surface area is 254 Å². The second-order valence-corrected chi connectivity index (χ2v) is 13.2. The van der Waals surface area contributed by atoms with E-state index in [0.29, 0.717) is 41.4 Å². The quantitative estimate of drug-likeness (QED) is 0.272. The van der Waals surface area contributed by atoms with Crippen molar-refractivity contribution < 1.29 is 26.7 Å². The van der Waals surface area contributed by atoms with E-state index in [1.807, 2.05) is 12.1 Å². The van der Waals surface area contributed by atoms with Gasteiger partial charge in [0.25, 0.3) is 5.91 Å². The van der Waals surface area contributed by atoms with Gasteiger partial charge in [-0.1, -0.05) is 0 Å². The average Bonchev–Trinajstić information content (AvgIpc) is 3.27. The van der Waals surface area contributed by atoms with Crippen LogP contribution in [0.4, 0.5) is 26.0 Å². The highest BCUT2D eigenvalue weighted by Crippen LogP contribution is 2.31. The van der Waals surface area contributed by atoms with E-state index in [-0.39, 0.29) is 16.8 Å². The van der Waals surface area contributed by atoms with Crippen LogP contribution in [-0.2, 0) is 14.6 Å². The number of nitrogens with one attached hydrogen (secondary N) is 3. The van der Waals surface area contributed by atoms with Crippen molar-refractivity contribution in [2.75, 3.05) is 62.0 Å². The van der Waals surface area contributed by atoms with Crippen LogP contribution in [-0.4, -0.2) is 81.9 Å². The Morgan fingerprint density at radius 2 is 1.73 bits per heavy atom. The third kappa shape index (κ3) is 6.40. The summed E-state index contributed by atoms with van der Waals surface area (Å²) in [5.74, 6) is -2.29. The van der Waals surface area contributed by atoms with Gasteiger partial charge in [-0.05, 0) is 81.4 Å². The minimum atomic E-state index is -4.26. The van der Waals surface area contributed by atoms with Gasteiger partial charge in [0.05, 0.1) is 20.9 Å². The lowest BCUT2D eigenvalue weighted by molar-refractivity contribution is 0.0904. The molecule has 3 heterocycles. The van der Waals surface area contributed by atoms with Gasteiger partial charge in [0.2, 0.25) is 9.84 Å². The summed E-state index contributed by atoms with van der Waals surface area (Å²) in [5.41, 5.74) is 2.62. The molecule has 2 fully saturated rings. The van der Waals surface area contributed by atoms with E-state index in [1.54, 1.807) is 6.07 Å². The Bertz CT molecular complexity index is 1770. The van der Waals surface area contributed by atoms with E-state index in [1.165, 1.54) is 18.2 Å². The zero-order valence-corrected chi connectivity index (χ0v) is 25.1. The van der Waals surface area contributed by atoms with Gasteiger partial charge in [0.15, 0.2) is 5.82 Å². The summed E-state index contributed by atoms with van der Waals surface area (Å²) >= 11 is 0. The van der Waals surface area contributed by atoms with Crippen molar-refractivity contribution in [3.05, 3.63) is 71.8 Å². The molecule has 2 aliphatic heterocycles. The van der Waals surface area contributed by atoms with Crippen molar-refractivity contribution in [3.63, 3.8) is 0 Å². The summed E-state index contributed by atoms with van der Waals surface area (Å²) in [6.45, 7) is 5.06. The number of H-pyrrole nitrogens is 1. The van der Waals surface area contributed by atoms with Crippen LogP contribution in [0.5, 0.6) is 0 Å². The highest BCUT2D eigenvalue weighted by Gasteiger charge is 2.24. The van der Waals surface area contributed by atoms with E-state index < -0.39 is 32.3 Å². The SMILES string of the molecule is CN1CCCN(c2ccc(C(=O)Nc3n[nH]c4ccc(S(=O)(=O)c5cc(F)cc(F)c5)cc34)c(NC3CCOCC3)c2)CC1. The summed E-state index contributed by atoms with van der Waals surface area (Å²) in [5, 5.41) is 13.7. The maximum atomic E-state index is 13.8. The predicted molar refractivity (Wildman–Crippen MR) is 164 cm³/mol. The first-order valence-electron chi connectivity index (χ1n) is 14.6. The molecule has 13 heteroatoms. The molecule has 0 spiro atoms. The summed E-state index contributed by atoms with van der Waals surface area (Å²) in [6, 6.07) is 12.2. The van der Waals surface area contributed by atoms with Crippen LogP contribution in [0.2, 0.25) is 0 Å². The van der Waals surface area contributed by atoms with Crippen LogP contribution in [0.25, 0.3) is 10.9 Å². The molecular weight excluding hydrogens is 590 g/mol. The summed E-state index contributed by atoms with van der Waals surface area (Å²) in [4.78, 5) is 17.7. The number of aromatic amines is 1. The summed E-state index contributed by atoms with van der Waals surface area (Å²) in [6.07, 6.45) is 2.67. The molecule has 44 heavy (non-hydrogen) atoms. The fourth-order valence-corrected chi connectivity index (χ4v) is 6.99. The predicted octanol–water partition coefficient (Wildman–Crippen LogP) is 4.66. The highest BCUT2D eigenvalue weighted by atomic mass is 32.2. The zero-order valence-electron chi connectivity index (χ0n) is 24.3. The van der Waals surface area contributed by atoms with Gasteiger partial charge < -0.3 is 25.2 Å². The number of sulfone groups is 1. The van der Waals surface area contributed by atoms with E-state index >= 15 is 0 Å². The fourth-order valence-electron chi connectivity index (χ4n) is 5.66. The Hall–Kier alpha value is -4.07. The first-order chi connectivity index (χ1) is 21.2. The second-order valence-electron chi connectivity index (χ2n) is 11.2. The Morgan fingerprint density at radius 1 is 0.955 bits per heavy atom. The Kier molecular flexibility index (Phi) is 8.52. The number of anilines is 3. The van der Waals surface area contributed by atoms with Gasteiger partial charge in [0.1, 0.15) is 11.6 Å². The minimum Gasteiger partial charge on any atom is -0.381 e. The van der Waals surface area contributed by atoms with Gasteiger partial charge in [-0.25, -0.2) is 17.2 Å².